The highest BCUT2D eigenvalue weighted by molar-refractivity contribution is 5.21. The standard InChI is InChI=1S/C14H17F2N3O/c1-2-3-4-12(17)14-18-13(19-20-14)7-9-5-6-10(15)8-11(9)16/h5-6,8,12H,2-4,7,17H2,1H3/t12-/m0/s1. The Hall–Kier alpha value is -1.82. The molecule has 0 saturated heterocycles. The molecule has 0 aliphatic carbocycles. The van der Waals surface area contributed by atoms with Crippen LogP contribution in [0.15, 0.2) is 22.7 Å². The fourth-order valence-electron chi connectivity index (χ4n) is 1.87. The van der Waals surface area contributed by atoms with Gasteiger partial charge in [-0.15, -0.1) is 0 Å². The van der Waals surface area contributed by atoms with E-state index < -0.39 is 11.6 Å². The Kier molecular flexibility index (Phi) is 4.79. The topological polar surface area (TPSA) is 64.9 Å². The lowest BCUT2D eigenvalue weighted by Crippen LogP contribution is -2.10. The first-order valence-electron chi connectivity index (χ1n) is 6.62. The van der Waals surface area contributed by atoms with E-state index in [9.17, 15) is 8.78 Å². The summed E-state index contributed by atoms with van der Waals surface area (Å²) in [7, 11) is 0. The first kappa shape index (κ1) is 14.6. The second-order valence-corrected chi connectivity index (χ2v) is 4.71. The molecule has 20 heavy (non-hydrogen) atoms. The van der Waals surface area contributed by atoms with Crippen molar-refractivity contribution >= 4 is 0 Å². The van der Waals surface area contributed by atoms with Crippen LogP contribution in [0.25, 0.3) is 0 Å². The molecule has 0 fully saturated rings. The van der Waals surface area contributed by atoms with Crippen LogP contribution in [0.2, 0.25) is 0 Å². The van der Waals surface area contributed by atoms with Crippen LogP contribution in [-0.4, -0.2) is 10.1 Å². The third kappa shape index (κ3) is 3.60. The van der Waals surface area contributed by atoms with Crippen LogP contribution in [0.4, 0.5) is 8.78 Å². The normalized spacial score (nSPS) is 12.6. The molecule has 0 spiro atoms. The molecule has 108 valence electrons. The fourth-order valence-corrected chi connectivity index (χ4v) is 1.87. The Morgan fingerprint density at radius 2 is 2.15 bits per heavy atom. The second kappa shape index (κ2) is 6.56. The van der Waals surface area contributed by atoms with Crippen LogP contribution >= 0.6 is 0 Å². The van der Waals surface area contributed by atoms with Gasteiger partial charge in [0, 0.05) is 12.5 Å². The van der Waals surface area contributed by atoms with Gasteiger partial charge in [0.05, 0.1) is 6.04 Å². The first-order chi connectivity index (χ1) is 9.60. The first-order valence-corrected chi connectivity index (χ1v) is 6.62. The zero-order valence-corrected chi connectivity index (χ0v) is 11.3. The summed E-state index contributed by atoms with van der Waals surface area (Å²) in [6.45, 7) is 2.07. The van der Waals surface area contributed by atoms with Gasteiger partial charge in [-0.05, 0) is 18.1 Å². The Labute approximate surface area is 116 Å². The van der Waals surface area contributed by atoms with Crippen LogP contribution in [-0.2, 0) is 6.42 Å². The Bertz CT molecular complexity index is 571. The monoisotopic (exact) mass is 281 g/mol. The van der Waals surface area contributed by atoms with Gasteiger partial charge >= 0.3 is 0 Å². The maximum atomic E-state index is 13.5. The van der Waals surface area contributed by atoms with E-state index in [4.69, 9.17) is 10.3 Å². The summed E-state index contributed by atoms with van der Waals surface area (Å²) in [4.78, 5) is 4.16. The van der Waals surface area contributed by atoms with Crippen LogP contribution in [0.3, 0.4) is 0 Å². The number of hydrogen-bond donors (Lipinski definition) is 1. The zero-order valence-electron chi connectivity index (χ0n) is 11.3. The predicted octanol–water partition coefficient (Wildman–Crippen LogP) is 3.13. The summed E-state index contributed by atoms with van der Waals surface area (Å²) in [5.74, 6) is -0.526. The lowest BCUT2D eigenvalue weighted by Gasteiger charge is -2.03. The third-order valence-electron chi connectivity index (χ3n) is 3.03. The van der Waals surface area contributed by atoms with E-state index in [0.29, 0.717) is 17.3 Å². The molecule has 6 heteroatoms. The molecular formula is C14H17F2N3O. The number of benzene rings is 1. The minimum Gasteiger partial charge on any atom is -0.338 e. The van der Waals surface area contributed by atoms with Crippen LogP contribution in [0.1, 0.15) is 49.5 Å². The number of aromatic nitrogens is 2. The number of halogens is 2. The number of hydrogen-bond acceptors (Lipinski definition) is 4. The third-order valence-corrected chi connectivity index (χ3v) is 3.03. The van der Waals surface area contributed by atoms with E-state index in [-0.39, 0.29) is 12.5 Å². The van der Waals surface area contributed by atoms with E-state index in [1.807, 2.05) is 0 Å². The van der Waals surface area contributed by atoms with Crippen molar-refractivity contribution in [1.29, 1.82) is 0 Å². The molecule has 1 heterocycles. The molecule has 0 unspecified atom stereocenters. The molecule has 0 aliphatic rings. The fraction of sp³-hybridized carbons (Fsp3) is 0.429. The van der Waals surface area contributed by atoms with E-state index in [1.165, 1.54) is 12.1 Å². The Morgan fingerprint density at radius 3 is 2.85 bits per heavy atom. The molecule has 1 atom stereocenters. The second-order valence-electron chi connectivity index (χ2n) is 4.71. The molecule has 0 radical (unpaired) electrons. The van der Waals surface area contributed by atoms with E-state index in [1.54, 1.807) is 0 Å². The average Bonchev–Trinajstić information content (AvgIpc) is 2.88. The van der Waals surface area contributed by atoms with Gasteiger partial charge in [0.25, 0.3) is 0 Å². The number of nitrogens with zero attached hydrogens (tertiary/aromatic N) is 2. The highest BCUT2D eigenvalue weighted by atomic mass is 19.1. The summed E-state index contributed by atoms with van der Waals surface area (Å²) >= 11 is 0. The lowest BCUT2D eigenvalue weighted by atomic mass is 10.1. The van der Waals surface area contributed by atoms with Gasteiger partial charge in [-0.2, -0.15) is 4.98 Å². The van der Waals surface area contributed by atoms with Crippen molar-refractivity contribution in [3.8, 4) is 0 Å². The summed E-state index contributed by atoms with van der Waals surface area (Å²) in [6.07, 6.45) is 2.93. The van der Waals surface area contributed by atoms with Gasteiger partial charge < -0.3 is 10.3 Å². The van der Waals surface area contributed by atoms with Crippen molar-refractivity contribution in [1.82, 2.24) is 10.1 Å². The van der Waals surface area contributed by atoms with Gasteiger partial charge in [0.1, 0.15) is 11.6 Å². The maximum Gasteiger partial charge on any atom is 0.243 e. The Morgan fingerprint density at radius 1 is 1.35 bits per heavy atom. The summed E-state index contributed by atoms with van der Waals surface area (Å²) in [5.41, 5.74) is 6.24. The van der Waals surface area contributed by atoms with E-state index >= 15 is 0 Å². The van der Waals surface area contributed by atoms with Crippen LogP contribution in [0, 0.1) is 11.6 Å². The molecule has 0 bridgehead atoms. The number of nitrogens with two attached hydrogens (primary N) is 1. The number of unbranched alkanes of at least 4 members (excludes halogenated alkanes) is 1. The van der Waals surface area contributed by atoms with Gasteiger partial charge in [0.15, 0.2) is 5.82 Å². The van der Waals surface area contributed by atoms with Crippen LogP contribution in [0.5, 0.6) is 0 Å². The summed E-state index contributed by atoms with van der Waals surface area (Å²) < 4.78 is 31.4. The quantitative estimate of drug-likeness (QED) is 0.883. The minimum atomic E-state index is -0.619. The molecule has 0 amide bonds. The van der Waals surface area contributed by atoms with Crippen molar-refractivity contribution in [3.05, 3.63) is 47.1 Å². The molecule has 1 aromatic heterocycles. The van der Waals surface area contributed by atoms with Crippen molar-refractivity contribution in [3.63, 3.8) is 0 Å². The van der Waals surface area contributed by atoms with Gasteiger partial charge in [-0.25, -0.2) is 8.78 Å². The van der Waals surface area contributed by atoms with Crippen molar-refractivity contribution in [2.45, 2.75) is 38.6 Å². The molecule has 2 rings (SSSR count). The molecule has 4 nitrogen and oxygen atoms in total. The smallest absolute Gasteiger partial charge is 0.243 e. The van der Waals surface area contributed by atoms with Gasteiger partial charge in [-0.3, -0.25) is 0 Å². The minimum absolute atomic E-state index is 0.149. The SMILES string of the molecule is CCCC[C@H](N)c1nc(Cc2ccc(F)cc2F)no1. The largest absolute Gasteiger partial charge is 0.338 e. The van der Waals surface area contributed by atoms with Crippen LogP contribution < -0.4 is 5.73 Å². The highest BCUT2D eigenvalue weighted by Crippen LogP contribution is 2.17. The lowest BCUT2D eigenvalue weighted by molar-refractivity contribution is 0.343. The molecule has 2 aromatic rings. The molecule has 1 aromatic carbocycles. The number of rotatable bonds is 6. The molecule has 0 aliphatic heterocycles. The maximum absolute atomic E-state index is 13.5. The van der Waals surface area contributed by atoms with Gasteiger partial charge in [0.2, 0.25) is 5.89 Å². The average molecular weight is 281 g/mol. The predicted molar refractivity (Wildman–Crippen MR) is 69.9 cm³/mol. The summed E-state index contributed by atoms with van der Waals surface area (Å²) in [5, 5.41) is 3.78. The zero-order chi connectivity index (χ0) is 14.5. The van der Waals surface area contributed by atoms with Crippen molar-refractivity contribution in [2.24, 2.45) is 5.73 Å². The molecule has 2 N–H and O–H groups in total. The summed E-state index contributed by atoms with van der Waals surface area (Å²) in [6, 6.07) is 3.11. The van der Waals surface area contributed by atoms with E-state index in [2.05, 4.69) is 17.1 Å². The van der Waals surface area contributed by atoms with E-state index in [0.717, 1.165) is 25.3 Å². The van der Waals surface area contributed by atoms with Gasteiger partial charge in [-0.1, -0.05) is 31.0 Å². The molecule has 0 saturated carbocycles. The van der Waals surface area contributed by atoms with Crippen molar-refractivity contribution in [2.75, 3.05) is 0 Å². The Balaban J connectivity index is 2.05. The van der Waals surface area contributed by atoms with Crippen molar-refractivity contribution < 1.29 is 13.3 Å². The molecular weight excluding hydrogens is 264 g/mol. The highest BCUT2D eigenvalue weighted by Gasteiger charge is 2.15.